The standard InChI is InChI=1S/C39H70O5/c1-4-7-10-13-15-17-18-19-20-21-22-23-24-27-29-32-38(40)43-36-37(44-39(41)33-30-26-12-9-6-3)35-42-34-31-28-25-16-14-11-8-5-2/h7,10,15,17,19-20,37H,4-6,8-9,11-14,16,18,21-36H2,1-3H3/b10-7-,17-15-,20-19-. The summed E-state index contributed by atoms with van der Waals surface area (Å²) in [6, 6.07) is 0. The van der Waals surface area contributed by atoms with Gasteiger partial charge < -0.3 is 14.2 Å². The van der Waals surface area contributed by atoms with Crippen molar-refractivity contribution in [2.75, 3.05) is 19.8 Å². The van der Waals surface area contributed by atoms with Crippen LogP contribution in [0.1, 0.15) is 175 Å². The second kappa shape index (κ2) is 35.6. The largest absolute Gasteiger partial charge is 0.462 e. The molecule has 0 aromatic carbocycles. The molecule has 0 amide bonds. The van der Waals surface area contributed by atoms with E-state index in [-0.39, 0.29) is 25.2 Å². The zero-order chi connectivity index (χ0) is 32.2. The third-order valence-corrected chi connectivity index (χ3v) is 7.69. The van der Waals surface area contributed by atoms with Gasteiger partial charge in [-0.15, -0.1) is 0 Å². The van der Waals surface area contributed by atoms with E-state index in [9.17, 15) is 9.59 Å². The summed E-state index contributed by atoms with van der Waals surface area (Å²) in [5.74, 6) is -0.431. The molecule has 0 saturated carbocycles. The molecule has 0 fully saturated rings. The summed E-state index contributed by atoms with van der Waals surface area (Å²) in [4.78, 5) is 24.8. The molecule has 0 aromatic heterocycles. The molecule has 1 unspecified atom stereocenters. The summed E-state index contributed by atoms with van der Waals surface area (Å²) in [5.41, 5.74) is 0. The molecular formula is C39H70O5. The van der Waals surface area contributed by atoms with Crippen molar-refractivity contribution in [3.63, 3.8) is 0 Å². The maximum atomic E-state index is 12.4. The van der Waals surface area contributed by atoms with Gasteiger partial charge in [0.25, 0.3) is 0 Å². The van der Waals surface area contributed by atoms with Gasteiger partial charge in [0.2, 0.25) is 0 Å². The predicted molar refractivity (Wildman–Crippen MR) is 187 cm³/mol. The lowest BCUT2D eigenvalue weighted by Crippen LogP contribution is -2.30. The highest BCUT2D eigenvalue weighted by Crippen LogP contribution is 2.11. The summed E-state index contributed by atoms with van der Waals surface area (Å²) < 4.78 is 17.0. The Bertz CT molecular complexity index is 711. The zero-order valence-corrected chi connectivity index (χ0v) is 29.2. The van der Waals surface area contributed by atoms with Crippen molar-refractivity contribution in [3.8, 4) is 0 Å². The van der Waals surface area contributed by atoms with Crippen molar-refractivity contribution in [2.24, 2.45) is 0 Å². The van der Waals surface area contributed by atoms with Crippen LogP contribution in [0.3, 0.4) is 0 Å². The fraction of sp³-hybridized carbons (Fsp3) is 0.795. The second-order valence-corrected chi connectivity index (χ2v) is 12.1. The van der Waals surface area contributed by atoms with Crippen molar-refractivity contribution in [3.05, 3.63) is 36.5 Å². The predicted octanol–water partition coefficient (Wildman–Crippen LogP) is 11.5. The normalized spacial score (nSPS) is 12.5. The molecule has 0 spiro atoms. The summed E-state index contributed by atoms with van der Waals surface area (Å²) in [6.07, 6.45) is 38.7. The lowest BCUT2D eigenvalue weighted by Gasteiger charge is -2.18. The van der Waals surface area contributed by atoms with Gasteiger partial charge in [-0.3, -0.25) is 9.59 Å². The number of unbranched alkanes of at least 4 members (excludes halogenated alkanes) is 16. The molecular weight excluding hydrogens is 548 g/mol. The Balaban J connectivity index is 4.11. The Hall–Kier alpha value is -1.88. The fourth-order valence-electron chi connectivity index (χ4n) is 4.93. The first-order chi connectivity index (χ1) is 21.6. The van der Waals surface area contributed by atoms with E-state index in [0.29, 0.717) is 19.4 Å². The van der Waals surface area contributed by atoms with Crippen LogP contribution >= 0.6 is 0 Å². The summed E-state index contributed by atoms with van der Waals surface area (Å²) in [6.45, 7) is 7.59. The van der Waals surface area contributed by atoms with E-state index in [1.165, 1.54) is 64.2 Å². The number of allylic oxidation sites excluding steroid dienone is 6. The van der Waals surface area contributed by atoms with Crippen LogP contribution in [0.2, 0.25) is 0 Å². The minimum Gasteiger partial charge on any atom is -0.462 e. The summed E-state index contributed by atoms with van der Waals surface area (Å²) in [5, 5.41) is 0. The van der Waals surface area contributed by atoms with Crippen LogP contribution in [0.15, 0.2) is 36.5 Å². The van der Waals surface area contributed by atoms with Crippen LogP contribution in [0.25, 0.3) is 0 Å². The third-order valence-electron chi connectivity index (χ3n) is 7.69. The molecule has 0 aliphatic rings. The highest BCUT2D eigenvalue weighted by atomic mass is 16.6. The maximum Gasteiger partial charge on any atom is 0.306 e. The van der Waals surface area contributed by atoms with E-state index in [1.807, 2.05) is 0 Å². The first-order valence-corrected chi connectivity index (χ1v) is 18.5. The fourth-order valence-corrected chi connectivity index (χ4v) is 4.93. The average Bonchev–Trinajstić information content (AvgIpc) is 3.02. The van der Waals surface area contributed by atoms with E-state index in [0.717, 1.165) is 77.0 Å². The van der Waals surface area contributed by atoms with Crippen LogP contribution in [-0.2, 0) is 23.8 Å². The Morgan fingerprint density at radius 2 is 1.02 bits per heavy atom. The van der Waals surface area contributed by atoms with Gasteiger partial charge in [0.15, 0.2) is 6.10 Å². The number of carbonyl (C=O) groups is 2. The van der Waals surface area contributed by atoms with Gasteiger partial charge in [-0.2, -0.15) is 0 Å². The quantitative estimate of drug-likeness (QED) is 0.0416. The van der Waals surface area contributed by atoms with E-state index >= 15 is 0 Å². The van der Waals surface area contributed by atoms with Gasteiger partial charge in [0.1, 0.15) is 6.61 Å². The van der Waals surface area contributed by atoms with Crippen LogP contribution in [-0.4, -0.2) is 37.9 Å². The molecule has 0 bridgehead atoms. The molecule has 0 radical (unpaired) electrons. The molecule has 0 aromatic rings. The van der Waals surface area contributed by atoms with Crippen molar-refractivity contribution in [1.82, 2.24) is 0 Å². The molecule has 0 aliphatic heterocycles. The first-order valence-electron chi connectivity index (χ1n) is 18.5. The molecule has 0 aliphatic carbocycles. The summed E-state index contributed by atoms with van der Waals surface area (Å²) >= 11 is 0. The lowest BCUT2D eigenvalue weighted by molar-refractivity contribution is -0.163. The molecule has 1 atom stereocenters. The van der Waals surface area contributed by atoms with Crippen LogP contribution in [0.4, 0.5) is 0 Å². The topological polar surface area (TPSA) is 61.8 Å². The minimum atomic E-state index is -0.530. The van der Waals surface area contributed by atoms with E-state index < -0.39 is 6.10 Å². The number of ether oxygens (including phenoxy) is 3. The minimum absolute atomic E-state index is 0.0782. The van der Waals surface area contributed by atoms with Crippen LogP contribution < -0.4 is 0 Å². The Labute approximate surface area is 272 Å². The van der Waals surface area contributed by atoms with Crippen molar-refractivity contribution < 1.29 is 23.8 Å². The number of rotatable bonds is 33. The number of hydrogen-bond donors (Lipinski definition) is 0. The average molecular weight is 619 g/mol. The second-order valence-electron chi connectivity index (χ2n) is 12.1. The molecule has 0 saturated heterocycles. The molecule has 5 nitrogen and oxygen atoms in total. The molecule has 44 heavy (non-hydrogen) atoms. The van der Waals surface area contributed by atoms with Crippen LogP contribution in [0, 0.1) is 0 Å². The molecule has 5 heteroatoms. The van der Waals surface area contributed by atoms with E-state index in [4.69, 9.17) is 14.2 Å². The van der Waals surface area contributed by atoms with Gasteiger partial charge in [-0.1, -0.05) is 147 Å². The van der Waals surface area contributed by atoms with Gasteiger partial charge in [0, 0.05) is 19.4 Å². The van der Waals surface area contributed by atoms with Crippen molar-refractivity contribution in [1.29, 1.82) is 0 Å². The third kappa shape index (κ3) is 33.0. The van der Waals surface area contributed by atoms with Crippen molar-refractivity contribution >= 4 is 11.9 Å². The van der Waals surface area contributed by atoms with Crippen molar-refractivity contribution in [2.45, 2.75) is 181 Å². The van der Waals surface area contributed by atoms with Crippen LogP contribution in [0.5, 0.6) is 0 Å². The number of esters is 2. The van der Waals surface area contributed by atoms with Gasteiger partial charge >= 0.3 is 11.9 Å². The van der Waals surface area contributed by atoms with E-state index in [1.54, 1.807) is 0 Å². The molecule has 0 rings (SSSR count). The highest BCUT2D eigenvalue weighted by molar-refractivity contribution is 5.70. The smallest absolute Gasteiger partial charge is 0.306 e. The Kier molecular flexibility index (Phi) is 34.1. The molecule has 0 heterocycles. The first kappa shape index (κ1) is 42.1. The van der Waals surface area contributed by atoms with Gasteiger partial charge in [0.05, 0.1) is 6.61 Å². The lowest BCUT2D eigenvalue weighted by atomic mass is 10.1. The highest BCUT2D eigenvalue weighted by Gasteiger charge is 2.17. The van der Waals surface area contributed by atoms with Gasteiger partial charge in [-0.25, -0.2) is 0 Å². The van der Waals surface area contributed by atoms with Gasteiger partial charge in [-0.05, 0) is 51.4 Å². The Morgan fingerprint density at radius 1 is 0.523 bits per heavy atom. The number of carbonyl (C=O) groups excluding carboxylic acids is 2. The maximum absolute atomic E-state index is 12.4. The summed E-state index contributed by atoms with van der Waals surface area (Å²) in [7, 11) is 0. The molecule has 0 N–H and O–H groups in total. The van der Waals surface area contributed by atoms with E-state index in [2.05, 4.69) is 57.2 Å². The SMILES string of the molecule is CC/C=C\C/C=C\C/C=C\CCCCCCCC(=O)OCC(COCCCCCCCCCC)OC(=O)CCCCCCC. The Morgan fingerprint density at radius 3 is 1.64 bits per heavy atom. The number of hydrogen-bond acceptors (Lipinski definition) is 5. The zero-order valence-electron chi connectivity index (χ0n) is 29.2. The monoisotopic (exact) mass is 619 g/mol. The molecule has 256 valence electrons.